The van der Waals surface area contributed by atoms with Crippen LogP contribution in [0.2, 0.25) is 0 Å². The molecule has 41 heavy (non-hydrogen) atoms. The van der Waals surface area contributed by atoms with Gasteiger partial charge in [-0.2, -0.15) is 5.26 Å². The lowest BCUT2D eigenvalue weighted by atomic mass is 9.96. The summed E-state index contributed by atoms with van der Waals surface area (Å²) in [5.74, 6) is 0. The Balaban J connectivity index is 1.24. The predicted octanol–water partition coefficient (Wildman–Crippen LogP) is 9.28. The van der Waals surface area contributed by atoms with Crippen molar-refractivity contribution in [1.82, 2.24) is 9.97 Å². The first kappa shape index (κ1) is 23.0. The van der Waals surface area contributed by atoms with Crippen LogP contribution < -0.4 is 4.90 Å². The highest BCUT2D eigenvalue weighted by Crippen LogP contribution is 2.39. The van der Waals surface area contributed by atoms with Gasteiger partial charge in [0.25, 0.3) is 0 Å². The van der Waals surface area contributed by atoms with Crippen molar-refractivity contribution in [3.63, 3.8) is 0 Å². The summed E-state index contributed by atoms with van der Waals surface area (Å²) in [4.78, 5) is 10.9. The van der Waals surface area contributed by atoms with Gasteiger partial charge in [-0.05, 0) is 94.0 Å². The van der Waals surface area contributed by atoms with Crippen molar-refractivity contribution in [1.29, 1.82) is 5.26 Å². The smallest absolute Gasteiger partial charge is 0.181 e. The summed E-state index contributed by atoms with van der Waals surface area (Å²) < 4.78 is 11.0. The van der Waals surface area contributed by atoms with Crippen LogP contribution in [0, 0.1) is 11.3 Å². The summed E-state index contributed by atoms with van der Waals surface area (Å²) in [6.07, 6.45) is 2.93. The minimum Gasteiger partial charge on any atom is -0.443 e. The number of nitriles is 1. The topological polar surface area (TPSA) is 79.1 Å². The first-order chi connectivity index (χ1) is 20.2. The van der Waals surface area contributed by atoms with Gasteiger partial charge in [0.05, 0.1) is 11.6 Å². The molecule has 6 nitrogen and oxygen atoms in total. The summed E-state index contributed by atoms with van der Waals surface area (Å²) in [6.45, 7) is 0. The van der Waals surface area contributed by atoms with Crippen LogP contribution in [0.1, 0.15) is 5.56 Å². The molecular weight excluding hydrogens is 508 g/mol. The second-order valence-electron chi connectivity index (χ2n) is 9.94. The molecule has 8 rings (SSSR count). The van der Waals surface area contributed by atoms with Crippen molar-refractivity contribution in [2.24, 2.45) is 0 Å². The zero-order valence-electron chi connectivity index (χ0n) is 21.7. The van der Waals surface area contributed by atoms with Gasteiger partial charge in [0.15, 0.2) is 24.0 Å². The molecule has 2 heterocycles. The molecule has 0 aliphatic rings. The summed E-state index contributed by atoms with van der Waals surface area (Å²) >= 11 is 0. The maximum Gasteiger partial charge on any atom is 0.181 e. The molecule has 0 aliphatic carbocycles. The van der Waals surface area contributed by atoms with Gasteiger partial charge in [-0.3, -0.25) is 0 Å². The van der Waals surface area contributed by atoms with E-state index < -0.39 is 0 Å². The number of oxazole rings is 2. The number of hydrogen-bond acceptors (Lipinski definition) is 6. The van der Waals surface area contributed by atoms with E-state index in [1.807, 2.05) is 54.6 Å². The quantitative estimate of drug-likeness (QED) is 0.226. The SMILES string of the molecule is N#Cc1cccc2ccc(-c3ccc4cc(N(c5ccc6ocnc6c5)c5ccc6ocnc6c5)ccc4c3)cc12. The molecule has 0 bridgehead atoms. The molecule has 0 saturated heterocycles. The Kier molecular flexibility index (Phi) is 5.09. The van der Waals surface area contributed by atoms with E-state index in [9.17, 15) is 5.26 Å². The maximum atomic E-state index is 9.59. The summed E-state index contributed by atoms with van der Waals surface area (Å²) in [5, 5.41) is 13.8. The molecule has 0 N–H and O–H groups in total. The third-order valence-corrected chi connectivity index (χ3v) is 7.56. The highest BCUT2D eigenvalue weighted by atomic mass is 16.3. The van der Waals surface area contributed by atoms with E-state index in [0.29, 0.717) is 5.56 Å². The predicted molar refractivity (Wildman–Crippen MR) is 161 cm³/mol. The first-order valence-electron chi connectivity index (χ1n) is 13.2. The van der Waals surface area contributed by atoms with Gasteiger partial charge in [-0.15, -0.1) is 0 Å². The lowest BCUT2D eigenvalue weighted by molar-refractivity contribution is 0.602. The van der Waals surface area contributed by atoms with E-state index in [0.717, 1.165) is 71.9 Å². The van der Waals surface area contributed by atoms with Crippen molar-refractivity contribution < 1.29 is 8.83 Å². The molecule has 0 saturated carbocycles. The van der Waals surface area contributed by atoms with Gasteiger partial charge in [0.1, 0.15) is 11.0 Å². The minimum atomic E-state index is 0.683. The molecule has 0 amide bonds. The highest BCUT2D eigenvalue weighted by molar-refractivity contribution is 5.96. The Morgan fingerprint density at radius 1 is 0.561 bits per heavy atom. The van der Waals surface area contributed by atoms with Gasteiger partial charge < -0.3 is 13.7 Å². The number of fused-ring (bicyclic) bond motifs is 4. The van der Waals surface area contributed by atoms with Gasteiger partial charge in [-0.25, -0.2) is 9.97 Å². The second-order valence-corrected chi connectivity index (χ2v) is 9.94. The average molecular weight is 529 g/mol. The fourth-order valence-corrected chi connectivity index (χ4v) is 5.52. The molecule has 0 radical (unpaired) electrons. The zero-order valence-corrected chi connectivity index (χ0v) is 21.7. The monoisotopic (exact) mass is 528 g/mol. The van der Waals surface area contributed by atoms with Crippen LogP contribution in [0.25, 0.3) is 54.9 Å². The zero-order chi connectivity index (χ0) is 27.3. The van der Waals surface area contributed by atoms with Crippen LogP contribution in [0.4, 0.5) is 17.1 Å². The van der Waals surface area contributed by atoms with Crippen molar-refractivity contribution in [3.8, 4) is 17.2 Å². The number of benzene rings is 6. The molecule has 6 heteroatoms. The number of hydrogen-bond donors (Lipinski definition) is 0. The minimum absolute atomic E-state index is 0.683. The highest BCUT2D eigenvalue weighted by Gasteiger charge is 2.16. The first-order valence-corrected chi connectivity index (χ1v) is 13.2. The Morgan fingerprint density at radius 2 is 1.15 bits per heavy atom. The maximum absolute atomic E-state index is 9.59. The molecule has 2 aromatic heterocycles. The Morgan fingerprint density at radius 3 is 1.85 bits per heavy atom. The van der Waals surface area contributed by atoms with Gasteiger partial charge in [0.2, 0.25) is 0 Å². The molecule has 8 aromatic rings. The van der Waals surface area contributed by atoms with Crippen LogP contribution in [-0.4, -0.2) is 9.97 Å². The Labute approximate surface area is 234 Å². The van der Waals surface area contributed by atoms with E-state index in [4.69, 9.17) is 8.83 Å². The molecule has 6 aromatic carbocycles. The van der Waals surface area contributed by atoms with E-state index in [1.165, 1.54) is 12.8 Å². The number of rotatable bonds is 4. The van der Waals surface area contributed by atoms with Crippen molar-refractivity contribution >= 4 is 60.8 Å². The van der Waals surface area contributed by atoms with Crippen LogP contribution in [-0.2, 0) is 0 Å². The van der Waals surface area contributed by atoms with E-state index in [2.05, 4.69) is 75.5 Å². The summed E-state index contributed by atoms with van der Waals surface area (Å²) in [7, 11) is 0. The number of anilines is 3. The van der Waals surface area contributed by atoms with Crippen LogP contribution in [0.15, 0.2) is 131 Å². The average Bonchev–Trinajstić information content (AvgIpc) is 3.69. The molecule has 0 fully saturated rings. The fourth-order valence-electron chi connectivity index (χ4n) is 5.52. The van der Waals surface area contributed by atoms with Crippen molar-refractivity contribution in [2.45, 2.75) is 0 Å². The second kappa shape index (κ2) is 9.08. The normalized spacial score (nSPS) is 11.4. The van der Waals surface area contributed by atoms with Crippen LogP contribution in [0.3, 0.4) is 0 Å². The van der Waals surface area contributed by atoms with Gasteiger partial charge in [-0.1, -0.05) is 42.5 Å². The lowest BCUT2D eigenvalue weighted by Crippen LogP contribution is -2.09. The van der Waals surface area contributed by atoms with Crippen LogP contribution >= 0.6 is 0 Å². The summed E-state index contributed by atoms with van der Waals surface area (Å²) in [5.41, 5.74) is 8.82. The Hall–Kier alpha value is -5.93. The molecule has 0 atom stereocenters. The Bertz CT molecular complexity index is 2230. The number of nitrogens with zero attached hydrogens (tertiary/aromatic N) is 4. The van der Waals surface area contributed by atoms with E-state index >= 15 is 0 Å². The van der Waals surface area contributed by atoms with E-state index in [1.54, 1.807) is 0 Å². The van der Waals surface area contributed by atoms with Crippen LogP contribution in [0.5, 0.6) is 0 Å². The molecule has 0 spiro atoms. The lowest BCUT2D eigenvalue weighted by Gasteiger charge is -2.25. The van der Waals surface area contributed by atoms with Crippen molar-refractivity contribution in [2.75, 3.05) is 4.90 Å². The summed E-state index contributed by atoms with van der Waals surface area (Å²) in [6, 6.07) is 39.3. The standard InChI is InChI=1S/C35H20N4O2/c36-19-27-3-1-2-22-4-5-26(16-31(22)27)23-6-7-25-15-28(9-8-24(25)14-23)39(29-10-12-34-32(17-29)37-20-40-34)30-11-13-35-33(18-30)38-21-41-35/h1-18,20-21H. The van der Waals surface area contributed by atoms with Gasteiger partial charge in [0, 0.05) is 22.4 Å². The van der Waals surface area contributed by atoms with Crippen molar-refractivity contribution in [3.05, 3.63) is 128 Å². The fraction of sp³-hybridized carbons (Fsp3) is 0. The largest absolute Gasteiger partial charge is 0.443 e. The third kappa shape index (κ3) is 3.88. The number of aromatic nitrogens is 2. The molecule has 0 aliphatic heterocycles. The molecule has 192 valence electrons. The third-order valence-electron chi connectivity index (χ3n) is 7.56. The molecular formula is C35H20N4O2. The van der Waals surface area contributed by atoms with E-state index in [-0.39, 0.29) is 0 Å². The van der Waals surface area contributed by atoms with Gasteiger partial charge >= 0.3 is 0 Å². The molecule has 0 unspecified atom stereocenters.